The van der Waals surface area contributed by atoms with Crippen molar-refractivity contribution in [3.8, 4) is 6.07 Å². The quantitative estimate of drug-likeness (QED) is 0.829. The fourth-order valence-electron chi connectivity index (χ4n) is 1.08. The molecule has 15 heavy (non-hydrogen) atoms. The lowest BCUT2D eigenvalue weighted by Crippen LogP contribution is -2.05. The third kappa shape index (κ3) is 4.11. The SMILES string of the molecule is COS(=O)Nc1ccc(CCC#N)cc1. The van der Waals surface area contributed by atoms with Gasteiger partial charge in [0.25, 0.3) is 11.3 Å². The molecule has 0 fully saturated rings. The first-order valence-electron chi connectivity index (χ1n) is 4.45. The molecule has 1 rings (SSSR count). The number of hydrogen-bond donors (Lipinski definition) is 1. The molecule has 80 valence electrons. The van der Waals surface area contributed by atoms with Gasteiger partial charge in [0.05, 0.1) is 13.2 Å². The summed E-state index contributed by atoms with van der Waals surface area (Å²) in [5.41, 5.74) is 1.82. The maximum Gasteiger partial charge on any atom is 0.261 e. The van der Waals surface area contributed by atoms with E-state index in [0.717, 1.165) is 17.7 Å². The van der Waals surface area contributed by atoms with E-state index in [2.05, 4.69) is 15.0 Å². The summed E-state index contributed by atoms with van der Waals surface area (Å²) in [6.45, 7) is 0. The largest absolute Gasteiger partial charge is 0.282 e. The van der Waals surface area contributed by atoms with Crippen molar-refractivity contribution in [3.05, 3.63) is 29.8 Å². The summed E-state index contributed by atoms with van der Waals surface area (Å²) < 4.78 is 18.2. The average Bonchev–Trinajstić information content (AvgIpc) is 2.28. The molecule has 0 aliphatic carbocycles. The van der Waals surface area contributed by atoms with Crippen molar-refractivity contribution in [2.75, 3.05) is 11.8 Å². The lowest BCUT2D eigenvalue weighted by atomic mass is 10.1. The number of aryl methyl sites for hydroxylation is 1. The minimum Gasteiger partial charge on any atom is -0.282 e. The zero-order valence-electron chi connectivity index (χ0n) is 8.40. The first kappa shape index (κ1) is 11.7. The Bertz CT molecular complexity index is 370. The number of nitrogens with one attached hydrogen (secondary N) is 1. The van der Waals surface area contributed by atoms with Crippen LogP contribution in [-0.2, 0) is 21.9 Å². The van der Waals surface area contributed by atoms with Crippen LogP contribution in [0.3, 0.4) is 0 Å². The topological polar surface area (TPSA) is 62.1 Å². The summed E-state index contributed by atoms with van der Waals surface area (Å²) in [6, 6.07) is 9.50. The van der Waals surface area contributed by atoms with E-state index in [-0.39, 0.29) is 0 Å². The second-order valence-corrected chi connectivity index (χ2v) is 3.87. The number of anilines is 1. The van der Waals surface area contributed by atoms with Gasteiger partial charge in [0, 0.05) is 12.1 Å². The van der Waals surface area contributed by atoms with E-state index in [0.29, 0.717) is 6.42 Å². The normalized spacial score (nSPS) is 11.7. The van der Waals surface area contributed by atoms with Gasteiger partial charge in [-0.3, -0.25) is 8.91 Å². The molecule has 4 nitrogen and oxygen atoms in total. The highest BCUT2D eigenvalue weighted by Gasteiger charge is 1.98. The lowest BCUT2D eigenvalue weighted by Gasteiger charge is -2.04. The Balaban J connectivity index is 2.57. The minimum absolute atomic E-state index is 0.511. The molecule has 0 saturated heterocycles. The predicted molar refractivity (Wildman–Crippen MR) is 59.2 cm³/mol. The van der Waals surface area contributed by atoms with Gasteiger partial charge in [0.1, 0.15) is 0 Å². The van der Waals surface area contributed by atoms with Crippen LogP contribution in [0.1, 0.15) is 12.0 Å². The molecule has 0 aliphatic heterocycles. The molecule has 5 heteroatoms. The second kappa shape index (κ2) is 6.17. The van der Waals surface area contributed by atoms with Gasteiger partial charge in [-0.2, -0.15) is 5.26 Å². The fourth-order valence-corrected chi connectivity index (χ4v) is 1.49. The molecule has 0 spiro atoms. The van der Waals surface area contributed by atoms with E-state index >= 15 is 0 Å². The molecule has 0 amide bonds. The van der Waals surface area contributed by atoms with Gasteiger partial charge in [-0.05, 0) is 24.1 Å². The molecule has 0 radical (unpaired) electrons. The smallest absolute Gasteiger partial charge is 0.261 e. The molecule has 0 saturated carbocycles. The Kier molecular flexibility index (Phi) is 4.81. The number of rotatable bonds is 5. The van der Waals surface area contributed by atoms with Crippen LogP contribution in [0.4, 0.5) is 5.69 Å². The Morgan fingerprint density at radius 2 is 2.13 bits per heavy atom. The molecule has 1 aromatic carbocycles. The van der Waals surface area contributed by atoms with Crippen LogP contribution in [0.25, 0.3) is 0 Å². The van der Waals surface area contributed by atoms with Crippen molar-refractivity contribution in [2.24, 2.45) is 0 Å². The van der Waals surface area contributed by atoms with E-state index < -0.39 is 11.3 Å². The van der Waals surface area contributed by atoms with Crippen LogP contribution in [0.2, 0.25) is 0 Å². The van der Waals surface area contributed by atoms with Crippen molar-refractivity contribution >= 4 is 17.0 Å². The first-order chi connectivity index (χ1) is 7.26. The Morgan fingerprint density at radius 1 is 1.47 bits per heavy atom. The molecule has 1 unspecified atom stereocenters. The summed E-state index contributed by atoms with van der Waals surface area (Å²) in [5, 5.41) is 8.41. The summed E-state index contributed by atoms with van der Waals surface area (Å²) in [7, 11) is 1.37. The van der Waals surface area contributed by atoms with Gasteiger partial charge in [0.2, 0.25) is 0 Å². The molecule has 0 aromatic heterocycles. The third-order valence-corrected chi connectivity index (χ3v) is 2.54. The Labute approximate surface area is 91.7 Å². The first-order valence-corrected chi connectivity index (χ1v) is 5.52. The van der Waals surface area contributed by atoms with Crippen molar-refractivity contribution in [2.45, 2.75) is 12.8 Å². The second-order valence-electron chi connectivity index (χ2n) is 2.86. The standard InChI is InChI=1S/C10H12N2O2S/c1-14-15(13)12-10-6-4-9(5-7-10)3-2-8-11/h4-7,12H,2-3H2,1H3. The van der Waals surface area contributed by atoms with Crippen molar-refractivity contribution in [1.82, 2.24) is 0 Å². The van der Waals surface area contributed by atoms with Crippen LogP contribution in [0.15, 0.2) is 24.3 Å². The van der Waals surface area contributed by atoms with Gasteiger partial charge in [0.15, 0.2) is 0 Å². The van der Waals surface area contributed by atoms with Gasteiger partial charge in [-0.25, -0.2) is 4.21 Å². The number of hydrogen-bond acceptors (Lipinski definition) is 3. The van der Waals surface area contributed by atoms with E-state index in [1.54, 1.807) is 0 Å². The molecule has 1 N–H and O–H groups in total. The van der Waals surface area contributed by atoms with Gasteiger partial charge in [-0.15, -0.1) is 0 Å². The summed E-state index contributed by atoms with van der Waals surface area (Å²) in [6.07, 6.45) is 1.25. The van der Waals surface area contributed by atoms with Gasteiger partial charge in [-0.1, -0.05) is 12.1 Å². The highest BCUT2D eigenvalue weighted by molar-refractivity contribution is 7.81. The van der Waals surface area contributed by atoms with E-state index in [4.69, 9.17) is 5.26 Å². The van der Waals surface area contributed by atoms with Gasteiger partial charge >= 0.3 is 0 Å². The van der Waals surface area contributed by atoms with Crippen LogP contribution < -0.4 is 4.72 Å². The average molecular weight is 224 g/mol. The van der Waals surface area contributed by atoms with Crippen molar-refractivity contribution < 1.29 is 8.39 Å². The Morgan fingerprint density at radius 3 is 2.67 bits per heavy atom. The number of benzene rings is 1. The van der Waals surface area contributed by atoms with Gasteiger partial charge < -0.3 is 0 Å². The summed E-state index contributed by atoms with van der Waals surface area (Å²) >= 11 is -1.49. The molecule has 0 bridgehead atoms. The van der Waals surface area contributed by atoms with Crippen LogP contribution >= 0.6 is 0 Å². The highest BCUT2D eigenvalue weighted by Crippen LogP contribution is 2.11. The summed E-state index contributed by atoms with van der Waals surface area (Å²) in [5.74, 6) is 0. The molecule has 0 aliphatic rings. The maximum absolute atomic E-state index is 11.0. The predicted octanol–water partition coefficient (Wildman–Crippen LogP) is 1.78. The van der Waals surface area contributed by atoms with Crippen molar-refractivity contribution in [3.63, 3.8) is 0 Å². The molecular weight excluding hydrogens is 212 g/mol. The van der Waals surface area contributed by atoms with Crippen LogP contribution in [0, 0.1) is 11.3 Å². The van der Waals surface area contributed by atoms with E-state index in [1.807, 2.05) is 24.3 Å². The van der Waals surface area contributed by atoms with E-state index in [1.165, 1.54) is 7.11 Å². The van der Waals surface area contributed by atoms with Crippen molar-refractivity contribution in [1.29, 1.82) is 5.26 Å². The molecule has 0 heterocycles. The summed E-state index contributed by atoms with van der Waals surface area (Å²) in [4.78, 5) is 0. The Hall–Kier alpha value is -1.38. The molecular formula is C10H12N2O2S. The zero-order chi connectivity index (χ0) is 11.1. The number of nitriles is 1. The minimum atomic E-state index is -1.49. The van der Waals surface area contributed by atoms with Crippen LogP contribution in [0.5, 0.6) is 0 Å². The lowest BCUT2D eigenvalue weighted by molar-refractivity contribution is 0.449. The fraction of sp³-hybridized carbons (Fsp3) is 0.300. The monoisotopic (exact) mass is 224 g/mol. The molecule has 1 aromatic rings. The number of nitrogens with zero attached hydrogens (tertiary/aromatic N) is 1. The molecule has 1 atom stereocenters. The van der Waals surface area contributed by atoms with Crippen LogP contribution in [-0.4, -0.2) is 11.3 Å². The van der Waals surface area contributed by atoms with E-state index in [9.17, 15) is 4.21 Å². The maximum atomic E-state index is 11.0. The third-order valence-electron chi connectivity index (χ3n) is 1.83. The highest BCUT2D eigenvalue weighted by atomic mass is 32.2. The zero-order valence-corrected chi connectivity index (χ0v) is 9.21.